The van der Waals surface area contributed by atoms with Crippen LogP contribution in [0.5, 0.6) is 0 Å². The van der Waals surface area contributed by atoms with Gasteiger partial charge in [0.15, 0.2) is 0 Å². The molecule has 0 aromatic rings. The number of hydrogen-bond donors (Lipinski definition) is 0. The van der Waals surface area contributed by atoms with Gasteiger partial charge < -0.3 is 9.16 Å². The van der Waals surface area contributed by atoms with Crippen LogP contribution >= 0.6 is 0 Å². The van der Waals surface area contributed by atoms with Crippen molar-refractivity contribution in [2.75, 3.05) is 6.61 Å². The highest BCUT2D eigenvalue weighted by Gasteiger charge is 2.33. The van der Waals surface area contributed by atoms with E-state index in [9.17, 15) is 4.11 Å². The summed E-state index contributed by atoms with van der Waals surface area (Å²) in [6.07, 6.45) is 5.68. The fourth-order valence-corrected chi connectivity index (χ4v) is 2.80. The summed E-state index contributed by atoms with van der Waals surface area (Å²) in [4.78, 5) is 0. The van der Waals surface area contributed by atoms with Crippen LogP contribution in [0.15, 0.2) is 12.3 Å². The average Bonchev–Trinajstić information content (AvgIpc) is 2.27. The maximum absolute atomic E-state index is 13.8. The molecule has 82 valence electrons. The van der Waals surface area contributed by atoms with E-state index in [1.165, 1.54) is 0 Å². The van der Waals surface area contributed by atoms with E-state index in [4.69, 9.17) is 9.16 Å². The van der Waals surface area contributed by atoms with Gasteiger partial charge in [0.05, 0.1) is 12.9 Å². The molecule has 1 aliphatic rings. The fraction of sp³-hybridized carbons (Fsp3) is 0.800. The third-order valence-electron chi connectivity index (χ3n) is 2.61. The minimum absolute atomic E-state index is 0.0562. The van der Waals surface area contributed by atoms with Gasteiger partial charge in [0.2, 0.25) is 0 Å². The van der Waals surface area contributed by atoms with E-state index in [0.717, 1.165) is 12.8 Å². The summed E-state index contributed by atoms with van der Waals surface area (Å²) in [5, 5.41) is 0. The normalized spacial score (nSPS) is 22.1. The Morgan fingerprint density at radius 2 is 2.21 bits per heavy atom. The number of ether oxygens (including phenoxy) is 1. The Morgan fingerprint density at radius 1 is 1.50 bits per heavy atom. The number of halogens is 1. The molecule has 0 aromatic carbocycles. The third-order valence-corrected chi connectivity index (χ3v) is 5.40. The summed E-state index contributed by atoms with van der Waals surface area (Å²) in [7, 11) is -2.89. The Balaban J connectivity index is 2.27. The summed E-state index contributed by atoms with van der Waals surface area (Å²) < 4.78 is 24.5. The van der Waals surface area contributed by atoms with Crippen molar-refractivity contribution < 1.29 is 13.3 Å². The molecule has 0 spiro atoms. The van der Waals surface area contributed by atoms with Crippen molar-refractivity contribution in [2.45, 2.75) is 44.9 Å². The molecule has 4 heteroatoms. The quantitative estimate of drug-likeness (QED) is 0.521. The summed E-state index contributed by atoms with van der Waals surface area (Å²) in [5.74, 6) is 0. The van der Waals surface area contributed by atoms with Gasteiger partial charge in [-0.25, -0.2) is 0 Å². The molecule has 0 aromatic heterocycles. The van der Waals surface area contributed by atoms with Crippen molar-refractivity contribution in [2.24, 2.45) is 0 Å². The summed E-state index contributed by atoms with van der Waals surface area (Å²) in [6, 6.07) is 1.07. The van der Waals surface area contributed by atoms with Crippen LogP contribution in [0.25, 0.3) is 0 Å². The van der Waals surface area contributed by atoms with Crippen molar-refractivity contribution in [3.63, 3.8) is 0 Å². The van der Waals surface area contributed by atoms with Gasteiger partial charge in [0, 0.05) is 0 Å². The first-order valence-electron chi connectivity index (χ1n) is 5.33. The Bertz CT molecular complexity index is 193. The van der Waals surface area contributed by atoms with Gasteiger partial charge in [-0.05, 0) is 31.0 Å². The molecule has 0 amide bonds. The van der Waals surface area contributed by atoms with Gasteiger partial charge in [-0.2, -0.15) is 0 Å². The first-order chi connectivity index (χ1) is 6.70. The largest absolute Gasteiger partial charge is 0.496 e. The Morgan fingerprint density at radius 3 is 2.71 bits per heavy atom. The van der Waals surface area contributed by atoms with Crippen LogP contribution in [-0.4, -0.2) is 21.4 Å². The number of allylic oxidation sites excluding steroid dienone is 1. The topological polar surface area (TPSA) is 18.5 Å². The molecule has 1 heterocycles. The first-order valence-corrected chi connectivity index (χ1v) is 7.53. The van der Waals surface area contributed by atoms with Crippen molar-refractivity contribution in [1.82, 2.24) is 0 Å². The highest BCUT2D eigenvalue weighted by molar-refractivity contribution is 6.66. The summed E-state index contributed by atoms with van der Waals surface area (Å²) >= 11 is 0. The highest BCUT2D eigenvalue weighted by atomic mass is 28.4. The molecule has 0 saturated carbocycles. The second kappa shape index (κ2) is 5.51. The van der Waals surface area contributed by atoms with Crippen molar-refractivity contribution in [3.05, 3.63) is 12.3 Å². The molecular formula is C10H19FO2Si. The van der Waals surface area contributed by atoms with Crippen LogP contribution in [0.1, 0.15) is 26.7 Å². The molecule has 2 nitrogen and oxygen atoms in total. The fourth-order valence-electron chi connectivity index (χ4n) is 1.40. The lowest BCUT2D eigenvalue weighted by molar-refractivity contribution is 0.0635. The standard InChI is InChI=1S/C10H19FO2Si/c1-3-14(11,4-2)13-9-10-7-5-6-8-12-10/h6,8,10H,3-5,7,9H2,1-2H3. The van der Waals surface area contributed by atoms with Gasteiger partial charge in [0.25, 0.3) is 0 Å². The summed E-state index contributed by atoms with van der Waals surface area (Å²) in [5.41, 5.74) is 0. The number of hydrogen-bond acceptors (Lipinski definition) is 2. The van der Waals surface area contributed by atoms with E-state index in [1.54, 1.807) is 6.26 Å². The molecular weight excluding hydrogens is 199 g/mol. The van der Waals surface area contributed by atoms with Crippen LogP contribution < -0.4 is 0 Å². The molecule has 0 N–H and O–H groups in total. The van der Waals surface area contributed by atoms with Crippen LogP contribution in [0, 0.1) is 0 Å². The minimum Gasteiger partial charge on any atom is -0.496 e. The van der Waals surface area contributed by atoms with E-state index >= 15 is 0 Å². The molecule has 0 aliphatic carbocycles. The monoisotopic (exact) mass is 218 g/mol. The molecule has 14 heavy (non-hydrogen) atoms. The zero-order valence-electron chi connectivity index (χ0n) is 8.96. The Hall–Kier alpha value is -0.353. The highest BCUT2D eigenvalue weighted by Crippen LogP contribution is 2.20. The lowest BCUT2D eigenvalue weighted by Crippen LogP contribution is -2.35. The van der Waals surface area contributed by atoms with E-state index in [-0.39, 0.29) is 6.10 Å². The van der Waals surface area contributed by atoms with Gasteiger partial charge in [-0.3, -0.25) is 4.11 Å². The SMILES string of the molecule is CC[Si](F)(CC)OCC1CCC=CO1. The van der Waals surface area contributed by atoms with Crippen molar-refractivity contribution >= 4 is 8.65 Å². The van der Waals surface area contributed by atoms with E-state index in [0.29, 0.717) is 18.7 Å². The molecule has 0 fully saturated rings. The average molecular weight is 218 g/mol. The van der Waals surface area contributed by atoms with Crippen molar-refractivity contribution in [3.8, 4) is 0 Å². The molecule has 0 radical (unpaired) electrons. The summed E-state index contributed by atoms with van der Waals surface area (Å²) in [6.45, 7) is 4.13. The van der Waals surface area contributed by atoms with Gasteiger partial charge in [-0.15, -0.1) is 0 Å². The maximum atomic E-state index is 13.8. The lowest BCUT2D eigenvalue weighted by Gasteiger charge is -2.24. The molecule has 1 unspecified atom stereocenters. The van der Waals surface area contributed by atoms with E-state index < -0.39 is 8.65 Å². The van der Waals surface area contributed by atoms with E-state index in [2.05, 4.69) is 0 Å². The minimum atomic E-state index is -2.89. The molecule has 1 aliphatic heterocycles. The van der Waals surface area contributed by atoms with E-state index in [1.807, 2.05) is 19.9 Å². The second-order valence-electron chi connectivity index (χ2n) is 3.61. The first kappa shape index (κ1) is 11.7. The van der Waals surface area contributed by atoms with Crippen LogP contribution in [0.2, 0.25) is 12.1 Å². The molecule has 1 rings (SSSR count). The predicted molar refractivity (Wildman–Crippen MR) is 57.0 cm³/mol. The molecule has 1 atom stereocenters. The maximum Gasteiger partial charge on any atom is 0.383 e. The molecule has 0 saturated heterocycles. The van der Waals surface area contributed by atoms with Gasteiger partial charge in [0.1, 0.15) is 6.10 Å². The second-order valence-corrected chi connectivity index (χ2v) is 7.08. The third kappa shape index (κ3) is 3.42. The lowest BCUT2D eigenvalue weighted by atomic mass is 10.2. The van der Waals surface area contributed by atoms with Gasteiger partial charge in [-0.1, -0.05) is 13.8 Å². The van der Waals surface area contributed by atoms with Crippen LogP contribution in [0.4, 0.5) is 4.11 Å². The molecule has 0 bridgehead atoms. The zero-order chi connectivity index (χ0) is 10.4. The van der Waals surface area contributed by atoms with Crippen LogP contribution in [-0.2, 0) is 9.16 Å². The number of rotatable bonds is 5. The van der Waals surface area contributed by atoms with Gasteiger partial charge >= 0.3 is 8.65 Å². The Labute approximate surface area is 86.4 Å². The Kier molecular flexibility index (Phi) is 4.61. The zero-order valence-corrected chi connectivity index (χ0v) is 9.96. The van der Waals surface area contributed by atoms with Crippen molar-refractivity contribution in [1.29, 1.82) is 0 Å². The predicted octanol–water partition coefficient (Wildman–Crippen LogP) is 3.15. The van der Waals surface area contributed by atoms with Crippen LogP contribution in [0.3, 0.4) is 0 Å². The smallest absolute Gasteiger partial charge is 0.383 e.